The van der Waals surface area contributed by atoms with Crippen molar-refractivity contribution in [1.29, 1.82) is 5.41 Å². The first-order chi connectivity index (χ1) is 6.20. The Labute approximate surface area is 75.4 Å². The van der Waals surface area contributed by atoms with Crippen LogP contribution < -0.4 is 16.6 Å². The van der Waals surface area contributed by atoms with E-state index >= 15 is 0 Å². The fraction of sp³-hybridized carbons (Fsp3) is 0.125. The molecule has 1 rings (SSSR count). The highest BCUT2D eigenvalue weighted by molar-refractivity contribution is 5.73. The van der Waals surface area contributed by atoms with Gasteiger partial charge in [-0.3, -0.25) is 10.8 Å². The zero-order valence-corrected chi connectivity index (χ0v) is 6.97. The van der Waals surface area contributed by atoms with Crippen LogP contribution in [0.2, 0.25) is 0 Å². The largest absolute Gasteiger partial charge is 0.369 e. The third kappa shape index (κ3) is 3.08. The van der Waals surface area contributed by atoms with Gasteiger partial charge in [0.15, 0.2) is 5.96 Å². The minimum atomic E-state index is -0.277. The summed E-state index contributed by atoms with van der Waals surface area (Å²) in [6.07, 6.45) is 0. The molecule has 0 saturated carbocycles. The molecule has 0 fully saturated rings. The summed E-state index contributed by atoms with van der Waals surface area (Å²) in [5.74, 6) is -0.475. The number of guanidine groups is 1. The predicted octanol–water partition coefficient (Wildman–Crippen LogP) is 0.313. The zero-order chi connectivity index (χ0) is 9.68. The van der Waals surface area contributed by atoms with Crippen LogP contribution in [-0.4, -0.2) is 5.96 Å². The number of hydrazine groups is 1. The van der Waals surface area contributed by atoms with Crippen molar-refractivity contribution in [3.05, 3.63) is 35.6 Å². The molecule has 0 bridgehead atoms. The van der Waals surface area contributed by atoms with Crippen LogP contribution in [0.15, 0.2) is 24.3 Å². The first-order valence-electron chi connectivity index (χ1n) is 3.76. The maximum Gasteiger partial charge on any atom is 0.200 e. The van der Waals surface area contributed by atoms with Crippen molar-refractivity contribution in [2.75, 3.05) is 0 Å². The van der Waals surface area contributed by atoms with E-state index in [0.717, 1.165) is 0 Å². The van der Waals surface area contributed by atoms with Gasteiger partial charge in [-0.2, -0.15) is 0 Å². The Kier molecular flexibility index (Phi) is 3.22. The van der Waals surface area contributed by atoms with E-state index in [-0.39, 0.29) is 18.3 Å². The van der Waals surface area contributed by atoms with E-state index in [1.807, 2.05) is 0 Å². The van der Waals surface area contributed by atoms with Gasteiger partial charge in [0.25, 0.3) is 0 Å². The van der Waals surface area contributed by atoms with Crippen LogP contribution in [0.1, 0.15) is 5.56 Å². The first kappa shape index (κ1) is 9.47. The molecular formula is C8H11FN4. The van der Waals surface area contributed by atoms with Gasteiger partial charge in [0, 0.05) is 12.1 Å². The molecule has 0 aromatic heterocycles. The van der Waals surface area contributed by atoms with Crippen molar-refractivity contribution >= 4 is 5.96 Å². The van der Waals surface area contributed by atoms with Crippen molar-refractivity contribution in [3.8, 4) is 0 Å². The second kappa shape index (κ2) is 4.42. The fourth-order valence-corrected chi connectivity index (χ4v) is 0.876. The minimum Gasteiger partial charge on any atom is -0.369 e. The molecule has 5 N–H and O–H groups in total. The third-order valence-corrected chi connectivity index (χ3v) is 1.46. The highest BCUT2D eigenvalue weighted by atomic mass is 19.1. The summed E-state index contributed by atoms with van der Waals surface area (Å²) >= 11 is 0. The topological polar surface area (TPSA) is 73.9 Å². The number of hydrogen-bond acceptors (Lipinski definition) is 2. The molecule has 0 saturated heterocycles. The monoisotopic (exact) mass is 182 g/mol. The Hall–Kier alpha value is -1.62. The summed E-state index contributed by atoms with van der Waals surface area (Å²) in [5.41, 5.74) is 10.5. The van der Waals surface area contributed by atoms with Crippen LogP contribution >= 0.6 is 0 Å². The van der Waals surface area contributed by atoms with Gasteiger partial charge in [0.2, 0.25) is 0 Å². The lowest BCUT2D eigenvalue weighted by Crippen LogP contribution is -2.41. The second-order valence-corrected chi connectivity index (χ2v) is 2.48. The Morgan fingerprint density at radius 3 is 2.77 bits per heavy atom. The van der Waals surface area contributed by atoms with Gasteiger partial charge in [-0.25, -0.2) is 9.82 Å². The van der Waals surface area contributed by atoms with E-state index in [2.05, 4.69) is 10.9 Å². The molecule has 70 valence electrons. The highest BCUT2D eigenvalue weighted by Crippen LogP contribution is 2.04. The Bertz CT molecular complexity index is 300. The maximum absolute atomic E-state index is 13.0. The molecule has 0 aliphatic rings. The van der Waals surface area contributed by atoms with Crippen LogP contribution in [-0.2, 0) is 6.54 Å². The minimum absolute atomic E-state index is 0.198. The van der Waals surface area contributed by atoms with Crippen LogP contribution in [0, 0.1) is 11.2 Å². The molecule has 5 heteroatoms. The molecule has 0 atom stereocenters. The van der Waals surface area contributed by atoms with Gasteiger partial charge in [0.05, 0.1) is 0 Å². The molecule has 0 heterocycles. The van der Waals surface area contributed by atoms with E-state index < -0.39 is 0 Å². The highest BCUT2D eigenvalue weighted by Gasteiger charge is 1.98. The fourth-order valence-electron chi connectivity index (χ4n) is 0.876. The van der Waals surface area contributed by atoms with Gasteiger partial charge < -0.3 is 5.73 Å². The molecule has 0 radical (unpaired) electrons. The summed E-state index contributed by atoms with van der Waals surface area (Å²) < 4.78 is 13.0. The van der Waals surface area contributed by atoms with Crippen molar-refractivity contribution < 1.29 is 4.39 Å². The molecule has 0 amide bonds. The summed E-state index contributed by atoms with van der Waals surface area (Å²) in [5, 5.41) is 6.82. The molecule has 0 aliphatic heterocycles. The quantitative estimate of drug-likeness (QED) is 0.309. The molecule has 0 unspecified atom stereocenters. The van der Waals surface area contributed by atoms with Gasteiger partial charge >= 0.3 is 0 Å². The van der Waals surface area contributed by atoms with Crippen molar-refractivity contribution in [1.82, 2.24) is 10.9 Å². The van der Waals surface area contributed by atoms with Crippen molar-refractivity contribution in [3.63, 3.8) is 0 Å². The Balaban J connectivity index is 2.45. The molecule has 0 aliphatic carbocycles. The van der Waals surface area contributed by atoms with Crippen LogP contribution in [0.4, 0.5) is 4.39 Å². The number of hydrogen-bond donors (Lipinski definition) is 4. The second-order valence-electron chi connectivity index (χ2n) is 2.48. The lowest BCUT2D eigenvalue weighted by molar-refractivity contribution is 0.576. The summed E-state index contributed by atoms with van der Waals surface area (Å²) in [6.45, 7) is 0.284. The average Bonchev–Trinajstić information content (AvgIpc) is 2.08. The van der Waals surface area contributed by atoms with E-state index in [9.17, 15) is 4.39 Å². The van der Waals surface area contributed by atoms with E-state index in [1.165, 1.54) is 6.07 Å². The lowest BCUT2D eigenvalue weighted by atomic mass is 10.2. The molecule has 1 aromatic rings. The maximum atomic E-state index is 13.0. The first-order valence-corrected chi connectivity index (χ1v) is 3.76. The van der Waals surface area contributed by atoms with Crippen LogP contribution in [0.25, 0.3) is 0 Å². The summed E-state index contributed by atoms with van der Waals surface area (Å²) in [4.78, 5) is 0. The number of nitrogens with two attached hydrogens (primary N) is 1. The number of benzene rings is 1. The number of halogens is 1. The average molecular weight is 182 g/mol. The van der Waals surface area contributed by atoms with Crippen LogP contribution in [0.3, 0.4) is 0 Å². The normalized spacial score (nSPS) is 9.62. The Morgan fingerprint density at radius 1 is 1.46 bits per heavy atom. The van der Waals surface area contributed by atoms with Crippen molar-refractivity contribution in [2.45, 2.75) is 6.54 Å². The van der Waals surface area contributed by atoms with Gasteiger partial charge in [-0.05, 0) is 6.07 Å². The van der Waals surface area contributed by atoms with E-state index in [4.69, 9.17) is 11.1 Å². The molecule has 0 spiro atoms. The predicted molar refractivity (Wildman–Crippen MR) is 48.3 cm³/mol. The van der Waals surface area contributed by atoms with E-state index in [0.29, 0.717) is 5.56 Å². The molecule has 1 aromatic carbocycles. The van der Waals surface area contributed by atoms with Gasteiger partial charge in [-0.15, -0.1) is 0 Å². The van der Waals surface area contributed by atoms with Crippen LogP contribution in [0.5, 0.6) is 0 Å². The third-order valence-electron chi connectivity index (χ3n) is 1.46. The number of rotatable bonds is 3. The molecule has 4 nitrogen and oxygen atoms in total. The summed E-state index contributed by atoms with van der Waals surface area (Å²) in [6, 6.07) is 6.40. The van der Waals surface area contributed by atoms with Gasteiger partial charge in [0.1, 0.15) is 5.82 Å². The Morgan fingerprint density at radius 2 is 2.15 bits per heavy atom. The standard InChI is InChI=1S/C8H11FN4/c9-7-4-2-1-3-6(7)5-12-13-8(10)11/h1-4,12H,5H2,(H4,10,11,13). The molecule has 13 heavy (non-hydrogen) atoms. The smallest absolute Gasteiger partial charge is 0.200 e. The lowest BCUT2D eigenvalue weighted by Gasteiger charge is -2.06. The summed E-state index contributed by atoms with van der Waals surface area (Å²) in [7, 11) is 0. The van der Waals surface area contributed by atoms with E-state index in [1.54, 1.807) is 18.2 Å². The molecular weight excluding hydrogens is 171 g/mol. The van der Waals surface area contributed by atoms with Gasteiger partial charge in [-0.1, -0.05) is 18.2 Å². The zero-order valence-electron chi connectivity index (χ0n) is 6.97. The number of nitrogens with one attached hydrogen (secondary N) is 3. The SMILES string of the molecule is N=C(N)NNCc1ccccc1F. The van der Waals surface area contributed by atoms with Crippen molar-refractivity contribution in [2.24, 2.45) is 5.73 Å².